The SMILES string of the molecule is CC(C)(C)c1ccc(C(N)c2cscc2-c2cc(N)ccc2N)cc1. The monoisotopic (exact) mass is 351 g/mol. The third-order valence-electron chi connectivity index (χ3n) is 4.53. The first-order chi connectivity index (χ1) is 11.8. The van der Waals surface area contributed by atoms with Crippen LogP contribution in [-0.2, 0) is 5.41 Å². The van der Waals surface area contributed by atoms with E-state index in [-0.39, 0.29) is 11.5 Å². The molecule has 2 aromatic carbocycles. The van der Waals surface area contributed by atoms with Crippen LogP contribution in [-0.4, -0.2) is 0 Å². The van der Waals surface area contributed by atoms with Crippen LogP contribution in [0.3, 0.4) is 0 Å². The molecule has 3 nitrogen and oxygen atoms in total. The van der Waals surface area contributed by atoms with Crippen molar-refractivity contribution in [1.29, 1.82) is 0 Å². The summed E-state index contributed by atoms with van der Waals surface area (Å²) in [4.78, 5) is 0. The van der Waals surface area contributed by atoms with E-state index in [4.69, 9.17) is 17.2 Å². The van der Waals surface area contributed by atoms with Gasteiger partial charge in [0, 0.05) is 16.9 Å². The largest absolute Gasteiger partial charge is 0.399 e. The summed E-state index contributed by atoms with van der Waals surface area (Å²) in [7, 11) is 0. The number of benzene rings is 2. The summed E-state index contributed by atoms with van der Waals surface area (Å²) in [6, 6.07) is 13.9. The Balaban J connectivity index is 1.98. The van der Waals surface area contributed by atoms with E-state index in [0.717, 1.165) is 22.3 Å². The third kappa shape index (κ3) is 3.55. The van der Waals surface area contributed by atoms with Crippen molar-refractivity contribution >= 4 is 22.7 Å². The summed E-state index contributed by atoms with van der Waals surface area (Å²) in [6.07, 6.45) is 0. The van der Waals surface area contributed by atoms with E-state index in [0.29, 0.717) is 11.4 Å². The molecule has 4 heteroatoms. The van der Waals surface area contributed by atoms with E-state index < -0.39 is 0 Å². The van der Waals surface area contributed by atoms with E-state index in [9.17, 15) is 0 Å². The van der Waals surface area contributed by atoms with Crippen molar-refractivity contribution in [3.63, 3.8) is 0 Å². The molecule has 1 unspecified atom stereocenters. The fraction of sp³-hybridized carbons (Fsp3) is 0.238. The lowest BCUT2D eigenvalue weighted by Crippen LogP contribution is -2.14. The topological polar surface area (TPSA) is 78.1 Å². The minimum atomic E-state index is -0.198. The Morgan fingerprint density at radius 3 is 2.20 bits per heavy atom. The van der Waals surface area contributed by atoms with Gasteiger partial charge in [-0.1, -0.05) is 45.0 Å². The lowest BCUT2D eigenvalue weighted by molar-refractivity contribution is 0.589. The maximum Gasteiger partial charge on any atom is 0.0566 e. The summed E-state index contributed by atoms with van der Waals surface area (Å²) >= 11 is 1.63. The Hall–Kier alpha value is -2.30. The van der Waals surface area contributed by atoms with Gasteiger partial charge < -0.3 is 17.2 Å². The van der Waals surface area contributed by atoms with E-state index in [1.807, 2.05) is 18.2 Å². The van der Waals surface area contributed by atoms with Crippen LogP contribution >= 0.6 is 11.3 Å². The maximum absolute atomic E-state index is 6.58. The van der Waals surface area contributed by atoms with Gasteiger partial charge in [-0.25, -0.2) is 0 Å². The van der Waals surface area contributed by atoms with E-state index in [1.54, 1.807) is 11.3 Å². The highest BCUT2D eigenvalue weighted by molar-refractivity contribution is 7.08. The van der Waals surface area contributed by atoms with Crippen LogP contribution in [0.2, 0.25) is 0 Å². The average molecular weight is 352 g/mol. The molecule has 1 aromatic heterocycles. The molecule has 1 heterocycles. The van der Waals surface area contributed by atoms with Crippen LogP contribution in [0.1, 0.15) is 43.5 Å². The van der Waals surface area contributed by atoms with Crippen LogP contribution in [0.4, 0.5) is 11.4 Å². The predicted octanol–water partition coefficient (Wildman–Crippen LogP) is 4.93. The Kier molecular flexibility index (Phi) is 4.58. The highest BCUT2D eigenvalue weighted by Gasteiger charge is 2.19. The molecule has 0 radical (unpaired) electrons. The number of nitrogen functional groups attached to an aromatic ring is 2. The molecule has 0 amide bonds. The molecule has 0 saturated heterocycles. The molecular formula is C21H25N3S. The van der Waals surface area contributed by atoms with Crippen molar-refractivity contribution in [2.45, 2.75) is 32.2 Å². The Labute approximate surface area is 153 Å². The average Bonchev–Trinajstić information content (AvgIpc) is 3.05. The molecule has 0 aliphatic rings. The van der Waals surface area contributed by atoms with Gasteiger partial charge in [-0.15, -0.1) is 0 Å². The van der Waals surface area contributed by atoms with E-state index >= 15 is 0 Å². The number of anilines is 2. The van der Waals surface area contributed by atoms with Gasteiger partial charge >= 0.3 is 0 Å². The summed E-state index contributed by atoms with van der Waals surface area (Å²) in [5.74, 6) is 0. The summed E-state index contributed by atoms with van der Waals surface area (Å²) in [5.41, 5.74) is 25.7. The van der Waals surface area contributed by atoms with E-state index in [1.165, 1.54) is 5.56 Å². The number of hydrogen-bond donors (Lipinski definition) is 3. The number of thiophene rings is 1. The number of rotatable bonds is 3. The van der Waals surface area contributed by atoms with Gasteiger partial charge in [0.15, 0.2) is 0 Å². The van der Waals surface area contributed by atoms with Gasteiger partial charge in [0.05, 0.1) is 6.04 Å². The zero-order chi connectivity index (χ0) is 18.2. The van der Waals surface area contributed by atoms with Gasteiger partial charge in [-0.2, -0.15) is 11.3 Å². The first kappa shape index (κ1) is 17.5. The molecule has 0 spiro atoms. The molecular weight excluding hydrogens is 326 g/mol. The van der Waals surface area contributed by atoms with E-state index in [2.05, 4.69) is 55.8 Å². The van der Waals surface area contributed by atoms with Gasteiger partial charge in [0.2, 0.25) is 0 Å². The molecule has 6 N–H and O–H groups in total. The number of hydrogen-bond acceptors (Lipinski definition) is 4. The minimum absolute atomic E-state index is 0.131. The first-order valence-electron chi connectivity index (χ1n) is 8.35. The molecule has 0 saturated carbocycles. The molecule has 130 valence electrons. The zero-order valence-electron chi connectivity index (χ0n) is 14.9. The molecule has 0 bridgehead atoms. The highest BCUT2D eigenvalue weighted by atomic mass is 32.1. The maximum atomic E-state index is 6.58. The van der Waals surface area contributed by atoms with Gasteiger partial charge in [-0.3, -0.25) is 0 Å². The zero-order valence-corrected chi connectivity index (χ0v) is 15.7. The Morgan fingerprint density at radius 1 is 0.880 bits per heavy atom. The Morgan fingerprint density at radius 2 is 1.56 bits per heavy atom. The Bertz CT molecular complexity index is 873. The fourth-order valence-corrected chi connectivity index (χ4v) is 3.83. The highest BCUT2D eigenvalue weighted by Crippen LogP contribution is 2.37. The third-order valence-corrected chi connectivity index (χ3v) is 5.29. The number of nitrogens with two attached hydrogens (primary N) is 3. The quantitative estimate of drug-likeness (QED) is 0.586. The lowest BCUT2D eigenvalue weighted by atomic mass is 9.85. The van der Waals surface area contributed by atoms with Crippen molar-refractivity contribution in [3.8, 4) is 11.1 Å². The summed E-state index contributed by atoms with van der Waals surface area (Å²) < 4.78 is 0. The van der Waals surface area contributed by atoms with Crippen LogP contribution < -0.4 is 17.2 Å². The van der Waals surface area contributed by atoms with Gasteiger partial charge in [0.25, 0.3) is 0 Å². The van der Waals surface area contributed by atoms with Crippen molar-refractivity contribution in [2.75, 3.05) is 11.5 Å². The molecule has 0 aliphatic heterocycles. The second kappa shape index (κ2) is 6.54. The lowest BCUT2D eigenvalue weighted by Gasteiger charge is -2.20. The molecule has 0 aliphatic carbocycles. The second-order valence-corrected chi connectivity index (χ2v) is 8.18. The molecule has 1 atom stereocenters. The summed E-state index contributed by atoms with van der Waals surface area (Å²) in [5, 5.41) is 4.18. The molecule has 3 aromatic rings. The van der Waals surface area contributed by atoms with Crippen LogP contribution in [0, 0.1) is 0 Å². The van der Waals surface area contributed by atoms with Crippen LogP contribution in [0.5, 0.6) is 0 Å². The van der Waals surface area contributed by atoms with Crippen molar-refractivity contribution in [1.82, 2.24) is 0 Å². The predicted molar refractivity (Wildman–Crippen MR) is 110 cm³/mol. The van der Waals surface area contributed by atoms with Gasteiger partial charge in [-0.05, 0) is 56.6 Å². The minimum Gasteiger partial charge on any atom is -0.399 e. The van der Waals surface area contributed by atoms with Crippen LogP contribution in [0.15, 0.2) is 53.2 Å². The second-order valence-electron chi connectivity index (χ2n) is 7.44. The molecule has 0 fully saturated rings. The van der Waals surface area contributed by atoms with Gasteiger partial charge in [0.1, 0.15) is 0 Å². The van der Waals surface area contributed by atoms with Crippen LogP contribution in [0.25, 0.3) is 11.1 Å². The first-order valence-corrected chi connectivity index (χ1v) is 9.29. The van der Waals surface area contributed by atoms with Crippen molar-refractivity contribution < 1.29 is 0 Å². The van der Waals surface area contributed by atoms with Crippen molar-refractivity contribution in [3.05, 3.63) is 69.9 Å². The molecule has 25 heavy (non-hydrogen) atoms. The summed E-state index contributed by atoms with van der Waals surface area (Å²) in [6.45, 7) is 6.63. The standard InChI is InChI=1S/C21H25N3S/c1-21(2,3)14-6-4-13(5-7-14)20(24)18-12-25-11-17(18)16-10-15(22)8-9-19(16)23/h4-12,20H,22-24H2,1-3H3. The smallest absolute Gasteiger partial charge is 0.0566 e. The normalized spacial score (nSPS) is 13.0. The van der Waals surface area contributed by atoms with Crippen molar-refractivity contribution in [2.24, 2.45) is 5.73 Å². The molecule has 3 rings (SSSR count). The fourth-order valence-electron chi connectivity index (χ4n) is 2.94.